The fourth-order valence-corrected chi connectivity index (χ4v) is 11.1. The van der Waals surface area contributed by atoms with Crippen molar-refractivity contribution < 1.29 is 0 Å². The standard InChI is InChI=1S/C38H51N3/c1-24-34(4,5)39-29-22-16-13-19-26(29)37(24,10)32-36(8,9)41-30-23-17-14-20-27(30)38(32,11)31-33(2,3)25-18-12-15-21-28(25)40-35(31,6)7/h12-24,31-32,39-41H,1-11H3. The second-order valence-electron chi connectivity index (χ2n) is 16.1. The summed E-state index contributed by atoms with van der Waals surface area (Å²) in [5.41, 5.74) is 7.31. The Morgan fingerprint density at radius 1 is 0.439 bits per heavy atom. The normalized spacial score (nSPS) is 33.6. The lowest BCUT2D eigenvalue weighted by molar-refractivity contribution is -0.0297. The van der Waals surface area contributed by atoms with Crippen LogP contribution in [0.5, 0.6) is 0 Å². The van der Waals surface area contributed by atoms with Gasteiger partial charge >= 0.3 is 0 Å². The van der Waals surface area contributed by atoms with Gasteiger partial charge in [0.1, 0.15) is 0 Å². The first-order valence-corrected chi connectivity index (χ1v) is 15.6. The van der Waals surface area contributed by atoms with Crippen LogP contribution in [-0.2, 0) is 16.2 Å². The van der Waals surface area contributed by atoms with Crippen molar-refractivity contribution in [3.8, 4) is 0 Å². The lowest BCUT2D eigenvalue weighted by Crippen LogP contribution is -2.72. The van der Waals surface area contributed by atoms with Crippen molar-refractivity contribution in [3.63, 3.8) is 0 Å². The predicted molar refractivity (Wildman–Crippen MR) is 176 cm³/mol. The third-order valence-electron chi connectivity index (χ3n) is 12.0. The molecule has 41 heavy (non-hydrogen) atoms. The molecule has 0 bridgehead atoms. The van der Waals surface area contributed by atoms with Crippen LogP contribution in [0.25, 0.3) is 0 Å². The van der Waals surface area contributed by atoms with Crippen molar-refractivity contribution in [2.75, 3.05) is 16.0 Å². The molecule has 0 spiro atoms. The molecule has 3 aliphatic heterocycles. The summed E-state index contributed by atoms with van der Waals surface area (Å²) >= 11 is 0. The fraction of sp³-hybridized carbons (Fsp3) is 0.526. The number of hydrogen-bond acceptors (Lipinski definition) is 3. The summed E-state index contributed by atoms with van der Waals surface area (Å²) in [5.74, 6) is 0.931. The predicted octanol–water partition coefficient (Wildman–Crippen LogP) is 9.36. The van der Waals surface area contributed by atoms with E-state index in [0.717, 1.165) is 0 Å². The summed E-state index contributed by atoms with van der Waals surface area (Å²) in [5, 5.41) is 12.1. The van der Waals surface area contributed by atoms with Crippen LogP contribution in [0.1, 0.15) is 92.9 Å². The zero-order valence-electron chi connectivity index (χ0n) is 27.2. The minimum Gasteiger partial charge on any atom is -0.380 e. The molecular formula is C38H51N3. The van der Waals surface area contributed by atoms with Gasteiger partial charge in [0.25, 0.3) is 0 Å². The number of fused-ring (bicyclic) bond motifs is 3. The molecule has 3 aromatic rings. The summed E-state index contributed by atoms with van der Waals surface area (Å²) in [7, 11) is 0. The Morgan fingerprint density at radius 3 is 1.32 bits per heavy atom. The lowest BCUT2D eigenvalue weighted by atomic mass is 9.39. The van der Waals surface area contributed by atoms with E-state index in [2.05, 4.69) is 165 Å². The highest BCUT2D eigenvalue weighted by Gasteiger charge is 2.68. The molecule has 0 aromatic heterocycles. The van der Waals surface area contributed by atoms with Crippen LogP contribution in [0.2, 0.25) is 0 Å². The Bertz CT molecular complexity index is 1500. The number of anilines is 3. The van der Waals surface area contributed by atoms with E-state index in [1.165, 1.54) is 33.8 Å². The van der Waals surface area contributed by atoms with Crippen LogP contribution >= 0.6 is 0 Å². The quantitative estimate of drug-likeness (QED) is 0.298. The van der Waals surface area contributed by atoms with Crippen molar-refractivity contribution in [2.24, 2.45) is 17.8 Å². The topological polar surface area (TPSA) is 36.1 Å². The number of para-hydroxylation sites is 3. The van der Waals surface area contributed by atoms with Crippen LogP contribution in [0, 0.1) is 17.8 Å². The SMILES string of the molecule is CC1C(C)(C)Nc2ccccc2C1(C)C1C(C)(C)Nc2ccccc2C1(C)C1C(C)(C)Nc2ccccc2C1(C)C. The molecule has 3 heterocycles. The molecule has 3 aliphatic rings. The minimum absolute atomic E-state index is 0.0699. The molecule has 0 amide bonds. The van der Waals surface area contributed by atoms with Crippen LogP contribution in [0.15, 0.2) is 72.8 Å². The zero-order valence-corrected chi connectivity index (χ0v) is 27.2. The number of benzene rings is 3. The summed E-state index contributed by atoms with van der Waals surface area (Å²) in [6.45, 7) is 27.3. The number of hydrogen-bond donors (Lipinski definition) is 3. The minimum atomic E-state index is -0.192. The highest BCUT2D eigenvalue weighted by Crippen LogP contribution is 2.68. The van der Waals surface area contributed by atoms with Gasteiger partial charge in [0.2, 0.25) is 0 Å². The smallest absolute Gasteiger partial charge is 0.0382 e. The van der Waals surface area contributed by atoms with E-state index in [9.17, 15) is 0 Å². The summed E-state index contributed by atoms with van der Waals surface area (Å²) in [4.78, 5) is 0. The van der Waals surface area contributed by atoms with E-state index in [1.54, 1.807) is 0 Å². The molecule has 0 saturated carbocycles. The van der Waals surface area contributed by atoms with Gasteiger partial charge in [0, 0.05) is 56.3 Å². The third kappa shape index (κ3) is 3.69. The molecule has 3 nitrogen and oxygen atoms in total. The summed E-state index contributed by atoms with van der Waals surface area (Å²) in [6, 6.07) is 27.3. The molecular weight excluding hydrogens is 498 g/mol. The maximum atomic E-state index is 4.11. The zero-order chi connectivity index (χ0) is 29.8. The average Bonchev–Trinajstić information content (AvgIpc) is 2.86. The molecule has 0 fully saturated rings. The van der Waals surface area contributed by atoms with Crippen molar-refractivity contribution >= 4 is 17.1 Å². The maximum Gasteiger partial charge on any atom is 0.0382 e. The largest absolute Gasteiger partial charge is 0.380 e. The molecule has 5 atom stereocenters. The molecule has 3 heteroatoms. The van der Waals surface area contributed by atoms with Gasteiger partial charge in [-0.1, -0.05) is 89.2 Å². The number of rotatable bonds is 2. The molecule has 0 saturated heterocycles. The van der Waals surface area contributed by atoms with Crippen molar-refractivity contribution in [2.45, 2.75) is 109 Å². The van der Waals surface area contributed by atoms with Crippen LogP contribution < -0.4 is 16.0 Å². The van der Waals surface area contributed by atoms with Gasteiger partial charge in [-0.3, -0.25) is 0 Å². The van der Waals surface area contributed by atoms with Gasteiger partial charge < -0.3 is 16.0 Å². The Kier molecular flexibility index (Phi) is 5.88. The molecule has 0 aliphatic carbocycles. The molecule has 3 aromatic carbocycles. The van der Waals surface area contributed by atoms with Gasteiger partial charge in [-0.05, 0) is 87.8 Å². The molecule has 218 valence electrons. The first-order valence-electron chi connectivity index (χ1n) is 15.6. The highest BCUT2D eigenvalue weighted by atomic mass is 15.1. The van der Waals surface area contributed by atoms with Crippen molar-refractivity contribution in [1.82, 2.24) is 0 Å². The molecule has 0 radical (unpaired) electrons. The first-order chi connectivity index (χ1) is 19.0. The maximum absolute atomic E-state index is 4.11. The van der Waals surface area contributed by atoms with E-state index in [4.69, 9.17) is 0 Å². The van der Waals surface area contributed by atoms with Gasteiger partial charge in [0.15, 0.2) is 0 Å². The molecule has 5 unspecified atom stereocenters. The summed E-state index contributed by atoms with van der Waals surface area (Å²) < 4.78 is 0. The highest BCUT2D eigenvalue weighted by molar-refractivity contribution is 5.67. The second kappa shape index (κ2) is 8.55. The average molecular weight is 550 g/mol. The van der Waals surface area contributed by atoms with Gasteiger partial charge in [-0.15, -0.1) is 0 Å². The molecule has 3 N–H and O–H groups in total. The number of nitrogens with one attached hydrogen (secondary N) is 3. The fourth-order valence-electron chi connectivity index (χ4n) is 11.1. The van der Waals surface area contributed by atoms with Crippen LogP contribution in [0.4, 0.5) is 17.1 Å². The van der Waals surface area contributed by atoms with E-state index in [-0.39, 0.29) is 38.8 Å². The van der Waals surface area contributed by atoms with E-state index >= 15 is 0 Å². The van der Waals surface area contributed by atoms with Gasteiger partial charge in [0.05, 0.1) is 0 Å². The van der Waals surface area contributed by atoms with E-state index in [0.29, 0.717) is 11.8 Å². The van der Waals surface area contributed by atoms with E-state index < -0.39 is 0 Å². The Balaban J connectivity index is 1.72. The van der Waals surface area contributed by atoms with E-state index in [1.807, 2.05) is 0 Å². The van der Waals surface area contributed by atoms with Crippen LogP contribution in [0.3, 0.4) is 0 Å². The second-order valence-corrected chi connectivity index (χ2v) is 16.1. The van der Waals surface area contributed by atoms with Crippen molar-refractivity contribution in [1.29, 1.82) is 0 Å². The van der Waals surface area contributed by atoms with Crippen molar-refractivity contribution in [3.05, 3.63) is 89.5 Å². The Morgan fingerprint density at radius 2 is 0.805 bits per heavy atom. The monoisotopic (exact) mass is 549 g/mol. The Labute approximate surface area is 248 Å². The summed E-state index contributed by atoms with van der Waals surface area (Å²) in [6.07, 6.45) is 0. The van der Waals surface area contributed by atoms with Gasteiger partial charge in [-0.25, -0.2) is 0 Å². The first kappa shape index (κ1) is 28.2. The lowest BCUT2D eigenvalue weighted by Gasteiger charge is -2.69. The Hall–Kier alpha value is -2.94. The third-order valence-corrected chi connectivity index (χ3v) is 12.0. The van der Waals surface area contributed by atoms with Gasteiger partial charge in [-0.2, -0.15) is 0 Å². The van der Waals surface area contributed by atoms with Crippen LogP contribution in [-0.4, -0.2) is 16.6 Å². The molecule has 6 rings (SSSR count).